The maximum Gasteiger partial charge on any atom is 0.286 e. The quantitative estimate of drug-likeness (QED) is 0.811. The highest BCUT2D eigenvalue weighted by Crippen LogP contribution is 2.40. The number of benzene rings is 2. The summed E-state index contributed by atoms with van der Waals surface area (Å²) in [5, 5.41) is 2.06. The predicted molar refractivity (Wildman–Crippen MR) is 79.2 cm³/mol. The van der Waals surface area contributed by atoms with E-state index < -0.39 is 11.8 Å². The Bertz CT molecular complexity index is 784. The van der Waals surface area contributed by atoms with Gasteiger partial charge in [0.15, 0.2) is 0 Å². The molecular weight excluding hydrogens is 286 g/mol. The standard InChI is InChI=1S/C16H15NO5/c1-4-22-17-15(18)10-8-12(21-3)14-9(13(10)16(17)19)6-5-7-11(14)20-2/h5-8H,4H2,1-3H3. The average molecular weight is 301 g/mol. The fraction of sp³-hybridized carbons (Fsp3) is 0.250. The topological polar surface area (TPSA) is 65.1 Å². The number of amides is 2. The summed E-state index contributed by atoms with van der Waals surface area (Å²) in [4.78, 5) is 30.0. The average Bonchev–Trinajstić information content (AvgIpc) is 2.78. The van der Waals surface area contributed by atoms with Crippen LogP contribution < -0.4 is 9.47 Å². The smallest absolute Gasteiger partial charge is 0.286 e. The van der Waals surface area contributed by atoms with E-state index in [2.05, 4.69) is 0 Å². The molecule has 2 aromatic rings. The lowest BCUT2D eigenvalue weighted by atomic mass is 9.98. The van der Waals surface area contributed by atoms with Crippen molar-refractivity contribution in [3.8, 4) is 11.5 Å². The van der Waals surface area contributed by atoms with Gasteiger partial charge >= 0.3 is 0 Å². The molecule has 22 heavy (non-hydrogen) atoms. The number of methoxy groups -OCH3 is 2. The van der Waals surface area contributed by atoms with Gasteiger partial charge in [0.1, 0.15) is 11.5 Å². The largest absolute Gasteiger partial charge is 0.496 e. The Kier molecular flexibility index (Phi) is 3.46. The summed E-state index contributed by atoms with van der Waals surface area (Å²) >= 11 is 0. The summed E-state index contributed by atoms with van der Waals surface area (Å²) in [7, 11) is 3.05. The van der Waals surface area contributed by atoms with Gasteiger partial charge in [-0.25, -0.2) is 0 Å². The Balaban J connectivity index is 2.35. The summed E-state index contributed by atoms with van der Waals surface area (Å²) in [6.45, 7) is 1.94. The minimum Gasteiger partial charge on any atom is -0.496 e. The Morgan fingerprint density at radius 2 is 1.77 bits per heavy atom. The summed E-state index contributed by atoms with van der Waals surface area (Å²) in [6, 6.07) is 6.86. The molecule has 2 amide bonds. The van der Waals surface area contributed by atoms with Crippen molar-refractivity contribution in [3.05, 3.63) is 35.4 Å². The monoisotopic (exact) mass is 301 g/mol. The summed E-state index contributed by atoms with van der Waals surface area (Å²) in [5.41, 5.74) is 0.587. The highest BCUT2D eigenvalue weighted by Gasteiger charge is 2.39. The van der Waals surface area contributed by atoms with Gasteiger partial charge in [-0.05, 0) is 19.1 Å². The number of nitrogens with zero attached hydrogens (tertiary/aromatic N) is 1. The SMILES string of the molecule is CCON1C(=O)c2cc(OC)c3c(OC)cccc3c2C1=O. The van der Waals surface area contributed by atoms with Crippen molar-refractivity contribution in [2.45, 2.75) is 6.92 Å². The van der Waals surface area contributed by atoms with Crippen LogP contribution in [0.3, 0.4) is 0 Å². The van der Waals surface area contributed by atoms with Crippen LogP contribution in [0.1, 0.15) is 27.6 Å². The molecule has 0 aromatic heterocycles. The van der Waals surface area contributed by atoms with E-state index in [1.807, 2.05) is 0 Å². The summed E-state index contributed by atoms with van der Waals surface area (Å²) in [6.07, 6.45) is 0. The highest BCUT2D eigenvalue weighted by molar-refractivity contribution is 6.27. The van der Waals surface area contributed by atoms with Crippen molar-refractivity contribution < 1.29 is 23.9 Å². The Labute approximate surface area is 127 Å². The number of fused-ring (bicyclic) bond motifs is 3. The van der Waals surface area contributed by atoms with Gasteiger partial charge in [-0.1, -0.05) is 12.1 Å². The van der Waals surface area contributed by atoms with Crippen LogP contribution in [0.2, 0.25) is 0 Å². The zero-order valence-corrected chi connectivity index (χ0v) is 12.5. The molecule has 1 heterocycles. The van der Waals surface area contributed by atoms with Gasteiger partial charge in [-0.15, -0.1) is 5.06 Å². The molecule has 6 nitrogen and oxygen atoms in total. The third-order valence-electron chi connectivity index (χ3n) is 3.60. The minimum atomic E-state index is -0.482. The molecular formula is C16H15NO5. The molecule has 1 aliphatic heterocycles. The van der Waals surface area contributed by atoms with Crippen LogP contribution >= 0.6 is 0 Å². The molecule has 1 aliphatic rings. The lowest BCUT2D eigenvalue weighted by molar-refractivity contribution is -0.0863. The van der Waals surface area contributed by atoms with Crippen LogP contribution in [0.4, 0.5) is 0 Å². The van der Waals surface area contributed by atoms with E-state index in [1.54, 1.807) is 38.3 Å². The van der Waals surface area contributed by atoms with Crippen molar-refractivity contribution in [1.82, 2.24) is 5.06 Å². The first kappa shape index (κ1) is 14.3. The Morgan fingerprint density at radius 3 is 2.41 bits per heavy atom. The molecule has 0 fully saturated rings. The fourth-order valence-corrected chi connectivity index (χ4v) is 2.69. The third kappa shape index (κ3) is 1.84. The molecule has 0 N–H and O–H groups in total. The van der Waals surface area contributed by atoms with Crippen LogP contribution in [-0.4, -0.2) is 37.7 Å². The van der Waals surface area contributed by atoms with Crippen molar-refractivity contribution in [2.75, 3.05) is 20.8 Å². The molecule has 114 valence electrons. The molecule has 0 unspecified atom stereocenters. The van der Waals surface area contributed by atoms with Crippen molar-refractivity contribution in [3.63, 3.8) is 0 Å². The zero-order valence-electron chi connectivity index (χ0n) is 12.5. The third-order valence-corrected chi connectivity index (χ3v) is 3.60. The van der Waals surface area contributed by atoms with E-state index in [-0.39, 0.29) is 12.2 Å². The lowest BCUT2D eigenvalue weighted by Crippen LogP contribution is -2.29. The summed E-state index contributed by atoms with van der Waals surface area (Å²) in [5.74, 6) is 0.102. The van der Waals surface area contributed by atoms with Crippen LogP contribution in [-0.2, 0) is 4.84 Å². The van der Waals surface area contributed by atoms with Crippen LogP contribution in [0.5, 0.6) is 11.5 Å². The van der Waals surface area contributed by atoms with E-state index in [0.29, 0.717) is 27.8 Å². The Hall–Kier alpha value is -2.60. The molecule has 0 saturated carbocycles. The fourth-order valence-electron chi connectivity index (χ4n) is 2.69. The lowest BCUT2D eigenvalue weighted by Gasteiger charge is -2.12. The number of carbonyl (C=O) groups is 2. The van der Waals surface area contributed by atoms with Gasteiger partial charge in [-0.2, -0.15) is 0 Å². The van der Waals surface area contributed by atoms with Gasteiger partial charge < -0.3 is 9.47 Å². The maximum absolute atomic E-state index is 12.5. The van der Waals surface area contributed by atoms with Crippen molar-refractivity contribution in [1.29, 1.82) is 0 Å². The van der Waals surface area contributed by atoms with Crippen LogP contribution in [0, 0.1) is 0 Å². The number of hydrogen-bond donors (Lipinski definition) is 0. The molecule has 0 saturated heterocycles. The molecule has 0 spiro atoms. The van der Waals surface area contributed by atoms with E-state index in [0.717, 1.165) is 5.06 Å². The maximum atomic E-state index is 12.5. The number of hydrogen-bond acceptors (Lipinski definition) is 5. The number of imide groups is 1. The predicted octanol–water partition coefficient (Wildman–Crippen LogP) is 2.40. The first-order chi connectivity index (χ1) is 10.6. The second-order valence-corrected chi connectivity index (χ2v) is 4.71. The zero-order chi connectivity index (χ0) is 15.9. The Morgan fingerprint density at radius 1 is 1.05 bits per heavy atom. The van der Waals surface area contributed by atoms with E-state index in [9.17, 15) is 9.59 Å². The molecule has 0 radical (unpaired) electrons. The molecule has 2 aromatic carbocycles. The molecule has 0 atom stereocenters. The molecule has 6 heteroatoms. The first-order valence-corrected chi connectivity index (χ1v) is 6.83. The second-order valence-electron chi connectivity index (χ2n) is 4.71. The van der Waals surface area contributed by atoms with E-state index >= 15 is 0 Å². The van der Waals surface area contributed by atoms with Gasteiger partial charge in [-0.3, -0.25) is 14.4 Å². The van der Waals surface area contributed by atoms with Gasteiger partial charge in [0.05, 0.1) is 37.3 Å². The highest BCUT2D eigenvalue weighted by atomic mass is 16.7. The van der Waals surface area contributed by atoms with Crippen LogP contribution in [0.25, 0.3) is 10.8 Å². The number of rotatable bonds is 4. The number of ether oxygens (including phenoxy) is 2. The van der Waals surface area contributed by atoms with Gasteiger partial charge in [0.2, 0.25) is 0 Å². The normalized spacial score (nSPS) is 13.7. The number of carbonyl (C=O) groups excluding carboxylic acids is 2. The number of hydroxylamine groups is 2. The summed E-state index contributed by atoms with van der Waals surface area (Å²) < 4.78 is 10.7. The van der Waals surface area contributed by atoms with E-state index in [4.69, 9.17) is 14.3 Å². The van der Waals surface area contributed by atoms with E-state index in [1.165, 1.54) is 7.11 Å². The van der Waals surface area contributed by atoms with Gasteiger partial charge in [0.25, 0.3) is 11.8 Å². The van der Waals surface area contributed by atoms with Gasteiger partial charge in [0, 0.05) is 5.39 Å². The molecule has 0 aliphatic carbocycles. The van der Waals surface area contributed by atoms with Crippen LogP contribution in [0.15, 0.2) is 24.3 Å². The molecule has 0 bridgehead atoms. The molecule has 3 rings (SSSR count). The van der Waals surface area contributed by atoms with Crippen molar-refractivity contribution in [2.24, 2.45) is 0 Å². The first-order valence-electron chi connectivity index (χ1n) is 6.83. The minimum absolute atomic E-state index is 0.226. The second kappa shape index (κ2) is 5.31. The van der Waals surface area contributed by atoms with Crippen molar-refractivity contribution >= 4 is 22.6 Å².